The normalized spacial score (nSPS) is 10.9. The molecule has 4 aromatic rings. The van der Waals surface area contributed by atoms with E-state index in [1.807, 2.05) is 25.1 Å². The molecule has 1 aromatic carbocycles. The van der Waals surface area contributed by atoms with Crippen molar-refractivity contribution in [2.75, 3.05) is 12.4 Å². The molecule has 130 valence electrons. The number of benzene rings is 1. The van der Waals surface area contributed by atoms with Gasteiger partial charge in [0, 0.05) is 28.5 Å². The fraction of sp³-hybridized carbons (Fsp3) is 0.150. The summed E-state index contributed by atoms with van der Waals surface area (Å²) in [5.41, 5.74) is 6.63. The second kappa shape index (κ2) is 6.48. The first-order valence-corrected chi connectivity index (χ1v) is 8.33. The highest BCUT2D eigenvalue weighted by molar-refractivity contribution is 5.93. The number of nitrogens with zero attached hydrogens (tertiary/aromatic N) is 3. The fourth-order valence-electron chi connectivity index (χ4n) is 2.96. The molecule has 4 rings (SSSR count). The molecule has 0 saturated heterocycles. The Bertz CT molecular complexity index is 1090. The highest BCUT2D eigenvalue weighted by Crippen LogP contribution is 2.32. The number of pyridine rings is 2. The van der Waals surface area contributed by atoms with E-state index < -0.39 is 0 Å². The first-order chi connectivity index (χ1) is 12.7. The van der Waals surface area contributed by atoms with E-state index in [4.69, 9.17) is 4.74 Å². The summed E-state index contributed by atoms with van der Waals surface area (Å²) in [5, 5.41) is 11.5. The lowest BCUT2D eigenvalue weighted by Gasteiger charge is -2.13. The molecule has 0 spiro atoms. The number of ether oxygens (including phenoxy) is 1. The summed E-state index contributed by atoms with van der Waals surface area (Å²) in [6, 6.07) is 12.1. The zero-order valence-electron chi connectivity index (χ0n) is 14.9. The van der Waals surface area contributed by atoms with Gasteiger partial charge in [0.2, 0.25) is 5.88 Å². The van der Waals surface area contributed by atoms with Gasteiger partial charge in [0.25, 0.3) is 0 Å². The molecular formula is C20H19N5O. The van der Waals surface area contributed by atoms with Crippen molar-refractivity contribution < 1.29 is 4.74 Å². The third-order valence-corrected chi connectivity index (χ3v) is 4.33. The lowest BCUT2D eigenvalue weighted by molar-refractivity contribution is 0.400. The number of H-pyrrole nitrogens is 1. The molecule has 0 fully saturated rings. The molecule has 6 heteroatoms. The van der Waals surface area contributed by atoms with Crippen LogP contribution in [0.2, 0.25) is 0 Å². The van der Waals surface area contributed by atoms with Crippen LogP contribution in [0.15, 0.2) is 48.8 Å². The van der Waals surface area contributed by atoms with E-state index in [0.717, 1.165) is 39.2 Å². The number of aromatic amines is 1. The Morgan fingerprint density at radius 1 is 1.04 bits per heavy atom. The largest absolute Gasteiger partial charge is 0.480 e. The van der Waals surface area contributed by atoms with Gasteiger partial charge in [0.1, 0.15) is 5.69 Å². The number of rotatable bonds is 4. The topological polar surface area (TPSA) is 75.7 Å². The van der Waals surface area contributed by atoms with Gasteiger partial charge in [-0.1, -0.05) is 12.1 Å². The van der Waals surface area contributed by atoms with E-state index >= 15 is 0 Å². The van der Waals surface area contributed by atoms with Crippen LogP contribution in [-0.4, -0.2) is 27.3 Å². The predicted octanol–water partition coefficient (Wildman–Crippen LogP) is 4.39. The van der Waals surface area contributed by atoms with Crippen molar-refractivity contribution in [1.82, 2.24) is 20.2 Å². The quantitative estimate of drug-likeness (QED) is 0.574. The minimum atomic E-state index is 0.528. The maximum Gasteiger partial charge on any atom is 0.238 e. The lowest BCUT2D eigenvalue weighted by atomic mass is 10.1. The number of hydrogen-bond acceptors (Lipinski definition) is 5. The molecule has 0 unspecified atom stereocenters. The van der Waals surface area contributed by atoms with E-state index in [1.165, 1.54) is 5.56 Å². The van der Waals surface area contributed by atoms with Gasteiger partial charge in [-0.25, -0.2) is 4.98 Å². The third kappa shape index (κ3) is 2.86. The van der Waals surface area contributed by atoms with Crippen molar-refractivity contribution in [3.63, 3.8) is 0 Å². The number of aromatic nitrogens is 4. The van der Waals surface area contributed by atoms with Crippen LogP contribution in [0, 0.1) is 13.8 Å². The standard InChI is InChI=1S/C20H19N5O/c1-12-4-5-14-17(8-9-21-19(14)10-12)23-18-7-6-16(24-20(18)26-3)15-11-22-25-13(15)2/h4-11H,1-3H3,(H,21,23)(H,22,25). The highest BCUT2D eigenvalue weighted by atomic mass is 16.5. The summed E-state index contributed by atoms with van der Waals surface area (Å²) in [6.07, 6.45) is 3.57. The van der Waals surface area contributed by atoms with Gasteiger partial charge in [0.05, 0.1) is 24.5 Å². The number of methoxy groups -OCH3 is 1. The fourth-order valence-corrected chi connectivity index (χ4v) is 2.96. The average molecular weight is 345 g/mol. The summed E-state index contributed by atoms with van der Waals surface area (Å²) in [6.45, 7) is 4.03. The Balaban J connectivity index is 1.74. The van der Waals surface area contributed by atoms with Crippen LogP contribution in [0.25, 0.3) is 22.2 Å². The summed E-state index contributed by atoms with van der Waals surface area (Å²) in [7, 11) is 1.62. The van der Waals surface area contributed by atoms with Crippen LogP contribution in [-0.2, 0) is 0 Å². The number of nitrogens with one attached hydrogen (secondary N) is 2. The van der Waals surface area contributed by atoms with Gasteiger partial charge in [-0.3, -0.25) is 10.1 Å². The van der Waals surface area contributed by atoms with E-state index in [9.17, 15) is 0 Å². The zero-order valence-corrected chi connectivity index (χ0v) is 14.9. The van der Waals surface area contributed by atoms with Gasteiger partial charge in [0.15, 0.2) is 0 Å². The molecule has 0 aliphatic heterocycles. The van der Waals surface area contributed by atoms with Crippen LogP contribution in [0.3, 0.4) is 0 Å². The Labute approximate surface area is 151 Å². The van der Waals surface area contributed by atoms with Crippen LogP contribution in [0.4, 0.5) is 11.4 Å². The molecular weight excluding hydrogens is 326 g/mol. The Kier molecular flexibility index (Phi) is 4.01. The molecule has 6 nitrogen and oxygen atoms in total. The molecule has 0 atom stereocenters. The highest BCUT2D eigenvalue weighted by Gasteiger charge is 2.12. The van der Waals surface area contributed by atoms with Crippen LogP contribution in [0.1, 0.15) is 11.3 Å². The SMILES string of the molecule is COc1nc(-c2cn[nH]c2C)ccc1Nc1ccnc2cc(C)ccc12. The maximum atomic E-state index is 5.51. The summed E-state index contributed by atoms with van der Waals surface area (Å²) in [5.74, 6) is 0.528. The Morgan fingerprint density at radius 3 is 2.69 bits per heavy atom. The van der Waals surface area contributed by atoms with Gasteiger partial charge < -0.3 is 10.1 Å². The zero-order chi connectivity index (χ0) is 18.1. The number of aryl methyl sites for hydroxylation is 2. The second-order valence-electron chi connectivity index (χ2n) is 6.17. The van der Waals surface area contributed by atoms with Crippen molar-refractivity contribution in [3.05, 3.63) is 60.0 Å². The van der Waals surface area contributed by atoms with E-state index in [0.29, 0.717) is 5.88 Å². The van der Waals surface area contributed by atoms with Crippen molar-refractivity contribution in [1.29, 1.82) is 0 Å². The molecule has 2 N–H and O–H groups in total. The first kappa shape index (κ1) is 16.1. The lowest BCUT2D eigenvalue weighted by Crippen LogP contribution is -1.99. The molecule has 0 amide bonds. The van der Waals surface area contributed by atoms with Crippen molar-refractivity contribution in [2.45, 2.75) is 13.8 Å². The third-order valence-electron chi connectivity index (χ3n) is 4.33. The van der Waals surface area contributed by atoms with Crippen LogP contribution in [0.5, 0.6) is 5.88 Å². The first-order valence-electron chi connectivity index (χ1n) is 8.33. The van der Waals surface area contributed by atoms with Crippen LogP contribution >= 0.6 is 0 Å². The molecule has 3 aromatic heterocycles. The monoisotopic (exact) mass is 345 g/mol. The molecule has 0 saturated carbocycles. The number of anilines is 2. The minimum Gasteiger partial charge on any atom is -0.480 e. The van der Waals surface area contributed by atoms with E-state index in [2.05, 4.69) is 50.6 Å². The Morgan fingerprint density at radius 2 is 1.92 bits per heavy atom. The average Bonchev–Trinajstić information content (AvgIpc) is 3.08. The van der Waals surface area contributed by atoms with E-state index in [-0.39, 0.29) is 0 Å². The van der Waals surface area contributed by atoms with Gasteiger partial charge in [-0.2, -0.15) is 5.10 Å². The minimum absolute atomic E-state index is 0.528. The number of hydrogen-bond donors (Lipinski definition) is 2. The summed E-state index contributed by atoms with van der Waals surface area (Å²) in [4.78, 5) is 9.07. The van der Waals surface area contributed by atoms with Gasteiger partial charge in [-0.15, -0.1) is 0 Å². The molecule has 0 aliphatic rings. The van der Waals surface area contributed by atoms with Gasteiger partial charge >= 0.3 is 0 Å². The predicted molar refractivity (Wildman–Crippen MR) is 103 cm³/mol. The molecule has 0 bridgehead atoms. The molecule has 0 aliphatic carbocycles. The molecule has 0 radical (unpaired) electrons. The van der Waals surface area contributed by atoms with E-state index in [1.54, 1.807) is 19.5 Å². The number of fused-ring (bicyclic) bond motifs is 1. The van der Waals surface area contributed by atoms with Crippen molar-refractivity contribution in [3.8, 4) is 17.1 Å². The smallest absolute Gasteiger partial charge is 0.238 e. The van der Waals surface area contributed by atoms with Crippen molar-refractivity contribution >= 4 is 22.3 Å². The molecule has 3 heterocycles. The summed E-state index contributed by atoms with van der Waals surface area (Å²) < 4.78 is 5.51. The van der Waals surface area contributed by atoms with Crippen molar-refractivity contribution in [2.24, 2.45) is 0 Å². The molecule has 26 heavy (non-hydrogen) atoms. The maximum absolute atomic E-state index is 5.51. The van der Waals surface area contributed by atoms with Gasteiger partial charge in [-0.05, 0) is 43.7 Å². The summed E-state index contributed by atoms with van der Waals surface area (Å²) >= 11 is 0. The second-order valence-corrected chi connectivity index (χ2v) is 6.17. The van der Waals surface area contributed by atoms with Crippen LogP contribution < -0.4 is 10.1 Å². The Hall–Kier alpha value is -3.41.